The second-order valence-electron chi connectivity index (χ2n) is 6.33. The van der Waals surface area contributed by atoms with Crippen molar-refractivity contribution >= 4 is 22.5 Å². The average molecular weight is 303 g/mol. The van der Waals surface area contributed by atoms with E-state index in [0.29, 0.717) is 6.04 Å². The third-order valence-electron chi connectivity index (χ3n) is 4.43. The standard InChI is InChI=1S/C18H23ClN2/c1-11(2)20-10-15-13-6-4-5-7-17(13)21-18-12(3)16(19)9-8-14(15)18/h8-9,11,20H,4-7,10H2,1-3H3. The van der Waals surface area contributed by atoms with Gasteiger partial charge in [-0.25, -0.2) is 0 Å². The number of nitrogens with zero attached hydrogens (tertiary/aromatic N) is 1. The van der Waals surface area contributed by atoms with E-state index >= 15 is 0 Å². The van der Waals surface area contributed by atoms with Crippen molar-refractivity contribution in [3.63, 3.8) is 0 Å². The van der Waals surface area contributed by atoms with Crippen LogP contribution in [-0.2, 0) is 19.4 Å². The number of halogens is 1. The van der Waals surface area contributed by atoms with E-state index in [2.05, 4.69) is 32.2 Å². The minimum Gasteiger partial charge on any atom is -0.310 e. The molecule has 2 aromatic rings. The lowest BCUT2D eigenvalue weighted by molar-refractivity contribution is 0.581. The Kier molecular flexibility index (Phi) is 4.19. The maximum Gasteiger partial charge on any atom is 0.0752 e. The Morgan fingerprint density at radius 2 is 2.00 bits per heavy atom. The third-order valence-corrected chi connectivity index (χ3v) is 4.84. The molecule has 1 aromatic heterocycles. The van der Waals surface area contributed by atoms with Crippen LogP contribution in [0.4, 0.5) is 0 Å². The quantitative estimate of drug-likeness (QED) is 0.898. The fourth-order valence-corrected chi connectivity index (χ4v) is 3.36. The van der Waals surface area contributed by atoms with Crippen LogP contribution in [0.2, 0.25) is 5.02 Å². The summed E-state index contributed by atoms with van der Waals surface area (Å²) in [6.07, 6.45) is 4.80. The van der Waals surface area contributed by atoms with Crippen LogP contribution in [0.5, 0.6) is 0 Å². The van der Waals surface area contributed by atoms with Crippen LogP contribution in [0.15, 0.2) is 12.1 Å². The SMILES string of the molecule is Cc1c(Cl)ccc2c(CNC(C)C)c3c(nc12)CCCC3. The largest absolute Gasteiger partial charge is 0.310 e. The number of aryl methyl sites for hydroxylation is 2. The van der Waals surface area contributed by atoms with E-state index < -0.39 is 0 Å². The molecule has 3 heteroatoms. The Hall–Kier alpha value is -1.12. The Morgan fingerprint density at radius 1 is 1.24 bits per heavy atom. The molecule has 0 aliphatic heterocycles. The fraction of sp³-hybridized carbons (Fsp3) is 0.500. The van der Waals surface area contributed by atoms with Crippen LogP contribution in [0.3, 0.4) is 0 Å². The van der Waals surface area contributed by atoms with Crippen LogP contribution >= 0.6 is 11.6 Å². The van der Waals surface area contributed by atoms with Gasteiger partial charge in [0.2, 0.25) is 0 Å². The smallest absolute Gasteiger partial charge is 0.0752 e. The molecule has 0 amide bonds. The fourth-order valence-electron chi connectivity index (χ4n) is 3.21. The van der Waals surface area contributed by atoms with Crippen molar-refractivity contribution in [2.75, 3.05) is 0 Å². The molecule has 0 fully saturated rings. The van der Waals surface area contributed by atoms with Crippen molar-refractivity contribution in [1.82, 2.24) is 10.3 Å². The zero-order valence-corrected chi connectivity index (χ0v) is 13.8. The zero-order valence-electron chi connectivity index (χ0n) is 13.1. The van der Waals surface area contributed by atoms with E-state index in [4.69, 9.17) is 16.6 Å². The Balaban J connectivity index is 2.22. The summed E-state index contributed by atoms with van der Waals surface area (Å²) in [6.45, 7) is 7.38. The molecule has 1 heterocycles. The first-order valence-corrected chi connectivity index (χ1v) is 8.28. The molecule has 0 saturated heterocycles. The average Bonchev–Trinajstić information content (AvgIpc) is 2.48. The van der Waals surface area contributed by atoms with Crippen molar-refractivity contribution < 1.29 is 0 Å². The number of hydrogen-bond acceptors (Lipinski definition) is 2. The first-order valence-electron chi connectivity index (χ1n) is 7.90. The highest BCUT2D eigenvalue weighted by Gasteiger charge is 2.19. The van der Waals surface area contributed by atoms with Crippen molar-refractivity contribution in [3.8, 4) is 0 Å². The lowest BCUT2D eigenvalue weighted by Crippen LogP contribution is -2.24. The zero-order chi connectivity index (χ0) is 15.0. The second-order valence-corrected chi connectivity index (χ2v) is 6.73. The van der Waals surface area contributed by atoms with Gasteiger partial charge in [0, 0.05) is 28.7 Å². The van der Waals surface area contributed by atoms with Gasteiger partial charge in [0.1, 0.15) is 0 Å². The molecule has 0 spiro atoms. The van der Waals surface area contributed by atoms with Crippen LogP contribution in [-0.4, -0.2) is 11.0 Å². The summed E-state index contributed by atoms with van der Waals surface area (Å²) in [5.41, 5.74) is 6.39. The van der Waals surface area contributed by atoms with Crippen molar-refractivity contribution in [1.29, 1.82) is 0 Å². The molecule has 3 rings (SSSR count). The number of pyridine rings is 1. The summed E-state index contributed by atoms with van der Waals surface area (Å²) in [6, 6.07) is 4.64. The van der Waals surface area contributed by atoms with Crippen LogP contribution in [0.25, 0.3) is 10.9 Å². The molecule has 0 bridgehead atoms. The molecule has 0 saturated carbocycles. The second kappa shape index (κ2) is 5.94. The Morgan fingerprint density at radius 3 is 2.76 bits per heavy atom. The van der Waals surface area contributed by atoms with Gasteiger partial charge in [-0.1, -0.05) is 31.5 Å². The summed E-state index contributed by atoms with van der Waals surface area (Å²) in [5.74, 6) is 0. The van der Waals surface area contributed by atoms with E-state index in [0.717, 1.165) is 35.5 Å². The molecular weight excluding hydrogens is 280 g/mol. The van der Waals surface area contributed by atoms with Gasteiger partial charge in [-0.2, -0.15) is 0 Å². The lowest BCUT2D eigenvalue weighted by atomic mass is 9.89. The van der Waals surface area contributed by atoms with Crippen molar-refractivity contribution in [2.45, 2.75) is 59.0 Å². The summed E-state index contributed by atoms with van der Waals surface area (Å²) in [4.78, 5) is 4.95. The number of benzene rings is 1. The number of fused-ring (bicyclic) bond motifs is 2. The number of rotatable bonds is 3. The van der Waals surface area contributed by atoms with E-state index in [1.807, 2.05) is 6.07 Å². The highest BCUT2D eigenvalue weighted by Crippen LogP contribution is 2.32. The minimum atomic E-state index is 0.487. The molecule has 2 nitrogen and oxygen atoms in total. The third kappa shape index (κ3) is 2.79. The van der Waals surface area contributed by atoms with Crippen LogP contribution in [0.1, 0.15) is 49.1 Å². The van der Waals surface area contributed by atoms with Gasteiger partial charge < -0.3 is 5.32 Å². The topological polar surface area (TPSA) is 24.9 Å². The summed E-state index contributed by atoms with van der Waals surface area (Å²) < 4.78 is 0. The predicted molar refractivity (Wildman–Crippen MR) is 90.1 cm³/mol. The predicted octanol–water partition coefficient (Wildman–Crippen LogP) is 4.57. The monoisotopic (exact) mass is 302 g/mol. The molecule has 1 N–H and O–H groups in total. The van der Waals surface area contributed by atoms with E-state index in [1.165, 1.54) is 35.0 Å². The van der Waals surface area contributed by atoms with Crippen LogP contribution < -0.4 is 5.32 Å². The van der Waals surface area contributed by atoms with Gasteiger partial charge in [-0.15, -0.1) is 0 Å². The summed E-state index contributed by atoms with van der Waals surface area (Å²) >= 11 is 6.30. The van der Waals surface area contributed by atoms with E-state index in [1.54, 1.807) is 0 Å². The van der Waals surface area contributed by atoms with E-state index in [9.17, 15) is 0 Å². The molecule has 112 valence electrons. The maximum atomic E-state index is 6.30. The number of aromatic nitrogens is 1. The Bertz CT molecular complexity index is 677. The first-order chi connectivity index (χ1) is 10.1. The van der Waals surface area contributed by atoms with Gasteiger partial charge in [0.05, 0.1) is 5.52 Å². The van der Waals surface area contributed by atoms with Gasteiger partial charge in [0.25, 0.3) is 0 Å². The maximum absolute atomic E-state index is 6.30. The normalized spacial score (nSPS) is 14.7. The minimum absolute atomic E-state index is 0.487. The van der Waals surface area contributed by atoms with Gasteiger partial charge in [0.15, 0.2) is 0 Å². The molecule has 0 unspecified atom stereocenters. The molecule has 0 atom stereocenters. The highest BCUT2D eigenvalue weighted by atomic mass is 35.5. The number of nitrogens with one attached hydrogen (secondary N) is 1. The lowest BCUT2D eigenvalue weighted by Gasteiger charge is -2.22. The molecule has 21 heavy (non-hydrogen) atoms. The van der Waals surface area contributed by atoms with Crippen molar-refractivity contribution in [2.24, 2.45) is 0 Å². The van der Waals surface area contributed by atoms with Crippen LogP contribution in [0, 0.1) is 6.92 Å². The van der Waals surface area contributed by atoms with Gasteiger partial charge in [-0.05, 0) is 55.4 Å². The summed E-state index contributed by atoms with van der Waals surface area (Å²) in [5, 5.41) is 5.66. The van der Waals surface area contributed by atoms with E-state index in [-0.39, 0.29) is 0 Å². The first kappa shape index (κ1) is 14.8. The Labute approximate surface area is 131 Å². The summed E-state index contributed by atoms with van der Waals surface area (Å²) in [7, 11) is 0. The van der Waals surface area contributed by atoms with Gasteiger partial charge in [-0.3, -0.25) is 4.98 Å². The van der Waals surface area contributed by atoms with Gasteiger partial charge >= 0.3 is 0 Å². The molecular formula is C18H23ClN2. The molecule has 1 aliphatic carbocycles. The van der Waals surface area contributed by atoms with Crippen molar-refractivity contribution in [3.05, 3.63) is 39.5 Å². The highest BCUT2D eigenvalue weighted by molar-refractivity contribution is 6.32. The molecule has 1 aromatic carbocycles. The molecule has 0 radical (unpaired) electrons. The number of hydrogen-bond donors (Lipinski definition) is 1. The molecule has 1 aliphatic rings.